The van der Waals surface area contributed by atoms with Crippen molar-refractivity contribution in [3.8, 4) is 0 Å². The third kappa shape index (κ3) is 50.9. The minimum Gasteiger partial charge on any atom is -0.454 e. The maximum absolute atomic E-state index is 13.5. The number of ether oxygens (including phenoxy) is 3. The zero-order valence-corrected chi connectivity index (χ0v) is 56.9. The van der Waals surface area contributed by atoms with E-state index in [1.165, 1.54) is 244 Å². The van der Waals surface area contributed by atoms with E-state index in [0.717, 1.165) is 70.6 Å². The van der Waals surface area contributed by atoms with Crippen molar-refractivity contribution in [3.05, 3.63) is 48.6 Å². The third-order valence-electron chi connectivity index (χ3n) is 17.7. The summed E-state index contributed by atoms with van der Waals surface area (Å²) in [5.74, 6) is -1.18. The van der Waals surface area contributed by atoms with Crippen molar-refractivity contribution in [1.82, 2.24) is 5.32 Å². The van der Waals surface area contributed by atoms with Crippen LogP contribution in [0.5, 0.6) is 0 Å². The first-order valence-corrected chi connectivity index (χ1v) is 37.4. The highest BCUT2D eigenvalue weighted by Gasteiger charge is 2.47. The van der Waals surface area contributed by atoms with E-state index >= 15 is 0 Å². The predicted octanol–water partition coefficient (Wildman–Crippen LogP) is 19.5. The van der Waals surface area contributed by atoms with E-state index < -0.39 is 67.4 Å². The van der Waals surface area contributed by atoms with Crippen LogP contribution < -0.4 is 5.32 Å². The molecule has 8 atom stereocenters. The Morgan fingerprint density at radius 3 is 1.21 bits per heavy atom. The van der Waals surface area contributed by atoms with E-state index in [1.807, 2.05) is 6.08 Å². The summed E-state index contributed by atoms with van der Waals surface area (Å²) in [6, 6.07) is -1.02. The number of aliphatic hydroxyl groups excluding tert-OH is 5. The van der Waals surface area contributed by atoms with Gasteiger partial charge in [-0.2, -0.15) is 0 Å². The van der Waals surface area contributed by atoms with Crippen molar-refractivity contribution < 1.29 is 49.3 Å². The van der Waals surface area contributed by atoms with Crippen LogP contribution in [0.25, 0.3) is 0 Å². The zero-order chi connectivity index (χ0) is 63.1. The minimum absolute atomic E-state index is 0.123. The quantitative estimate of drug-likeness (QED) is 0.0195. The molecule has 510 valence electrons. The number of unbranched alkanes of at least 4 members (excludes halogenated alkanes) is 45. The van der Waals surface area contributed by atoms with Gasteiger partial charge in [0.1, 0.15) is 24.4 Å². The highest BCUT2D eigenvalue weighted by molar-refractivity contribution is 5.80. The fourth-order valence-electron chi connectivity index (χ4n) is 11.8. The van der Waals surface area contributed by atoms with Gasteiger partial charge in [-0.25, -0.2) is 0 Å². The second-order valence-corrected chi connectivity index (χ2v) is 26.0. The SMILES string of the molecule is CCCCC/C=C\C/C=C\C/C=C\CCCCCCCCCCCCCCC(=O)OC1C(OCC(NC(=O)C(O)CCCCCCCCCCCCCCCCCCCCCCCC)C(O)/C=C/CCCCCCCCCCC)OC(CO)C(O)C1O. The monoisotopic (exact) mass is 1230 g/mol. The van der Waals surface area contributed by atoms with Gasteiger partial charge in [-0.05, 0) is 64.2 Å². The molecule has 1 saturated heterocycles. The second kappa shape index (κ2) is 63.8. The largest absolute Gasteiger partial charge is 0.454 e. The lowest BCUT2D eigenvalue weighted by Crippen LogP contribution is -2.61. The van der Waals surface area contributed by atoms with Gasteiger partial charge in [0.15, 0.2) is 12.4 Å². The van der Waals surface area contributed by atoms with Gasteiger partial charge in [0, 0.05) is 6.42 Å². The molecule has 1 aliphatic rings. The second-order valence-electron chi connectivity index (χ2n) is 26.0. The number of esters is 1. The number of allylic oxidation sites excluding steroid dienone is 7. The van der Waals surface area contributed by atoms with E-state index in [9.17, 15) is 35.1 Å². The molecule has 0 radical (unpaired) electrons. The lowest BCUT2D eigenvalue weighted by molar-refractivity contribution is -0.305. The molecule has 1 aliphatic heterocycles. The minimum atomic E-state index is -1.61. The fraction of sp³-hybridized carbons (Fsp3) is 0.868. The highest BCUT2D eigenvalue weighted by atomic mass is 16.7. The molecular weight excluding hydrogens is 1090 g/mol. The number of rotatable bonds is 65. The summed E-state index contributed by atoms with van der Waals surface area (Å²) in [6.45, 7) is 5.81. The van der Waals surface area contributed by atoms with E-state index in [1.54, 1.807) is 6.08 Å². The Morgan fingerprint density at radius 2 is 0.793 bits per heavy atom. The van der Waals surface area contributed by atoms with E-state index in [-0.39, 0.29) is 13.0 Å². The molecule has 0 aromatic heterocycles. The first kappa shape index (κ1) is 82.6. The molecule has 87 heavy (non-hydrogen) atoms. The van der Waals surface area contributed by atoms with Crippen molar-refractivity contribution in [1.29, 1.82) is 0 Å². The summed E-state index contributed by atoms with van der Waals surface area (Å²) in [5, 5.41) is 57.3. The maximum atomic E-state index is 13.5. The van der Waals surface area contributed by atoms with Crippen molar-refractivity contribution in [3.63, 3.8) is 0 Å². The van der Waals surface area contributed by atoms with Gasteiger partial charge >= 0.3 is 5.97 Å². The Labute approximate surface area is 536 Å². The normalized spacial score (nSPS) is 18.5. The van der Waals surface area contributed by atoms with E-state index in [2.05, 4.69) is 62.5 Å². The molecule has 0 aliphatic carbocycles. The van der Waals surface area contributed by atoms with Crippen molar-refractivity contribution in [2.45, 2.75) is 410 Å². The Kier molecular flexibility index (Phi) is 60.6. The number of aliphatic hydroxyl groups is 5. The topological polar surface area (TPSA) is 175 Å². The lowest BCUT2D eigenvalue weighted by atomic mass is 9.99. The van der Waals surface area contributed by atoms with Crippen molar-refractivity contribution >= 4 is 11.9 Å². The molecule has 1 rings (SSSR count). The molecule has 1 amide bonds. The van der Waals surface area contributed by atoms with Crippen LogP contribution in [0.1, 0.15) is 361 Å². The van der Waals surface area contributed by atoms with Gasteiger partial charge in [0.05, 0.1) is 25.4 Å². The smallest absolute Gasteiger partial charge is 0.306 e. The molecule has 8 unspecified atom stereocenters. The summed E-state index contributed by atoms with van der Waals surface area (Å²) >= 11 is 0. The molecule has 0 aromatic rings. The number of nitrogens with one attached hydrogen (secondary N) is 1. The Morgan fingerprint density at radius 1 is 0.448 bits per heavy atom. The lowest BCUT2D eigenvalue weighted by Gasteiger charge is -2.41. The average Bonchev–Trinajstić information content (AvgIpc) is 3.12. The van der Waals surface area contributed by atoms with Crippen molar-refractivity contribution in [2.24, 2.45) is 0 Å². The van der Waals surface area contributed by atoms with Gasteiger partial charge in [-0.1, -0.05) is 339 Å². The first-order chi connectivity index (χ1) is 42.7. The van der Waals surface area contributed by atoms with Crippen LogP contribution in [0.2, 0.25) is 0 Å². The zero-order valence-electron chi connectivity index (χ0n) is 56.9. The standard InChI is InChI=1S/C76H141NO10/c1-4-7-10-13-16-19-22-24-26-28-30-32-34-35-36-38-40-42-44-46-49-52-55-58-61-64-71(81)87-74-73(83)72(82)70(65-78)86-76(74)85-66-67(68(79)62-59-56-53-50-47-21-18-15-12-9-6-3)77-75(84)69(80)63-60-57-54-51-48-45-43-41-39-37-33-31-29-27-25-23-20-17-14-11-8-5-2/h16,19,24,26,30,32,59,62,67-70,72-74,76,78-80,82-83H,4-15,17-18,20-23,25,27-29,31,33-58,60-61,63-66H2,1-3H3,(H,77,84)/b19-16-,26-24-,32-30-,62-59+. The Balaban J connectivity index is 2.51. The first-order valence-electron chi connectivity index (χ1n) is 37.4. The number of carbonyl (C=O) groups is 2. The number of amides is 1. The summed E-state index contributed by atoms with van der Waals surface area (Å²) in [5.41, 5.74) is 0. The van der Waals surface area contributed by atoms with E-state index in [0.29, 0.717) is 19.3 Å². The average molecular weight is 1230 g/mol. The molecule has 0 aromatic carbocycles. The molecule has 0 spiro atoms. The molecule has 0 saturated carbocycles. The molecule has 11 nitrogen and oxygen atoms in total. The summed E-state index contributed by atoms with van der Waals surface area (Å²) in [4.78, 5) is 26.7. The molecule has 0 bridgehead atoms. The number of hydrogen-bond acceptors (Lipinski definition) is 10. The van der Waals surface area contributed by atoms with Gasteiger partial charge in [0.25, 0.3) is 0 Å². The number of hydrogen-bond donors (Lipinski definition) is 6. The Bertz CT molecular complexity index is 1600. The van der Waals surface area contributed by atoms with Crippen LogP contribution in [-0.2, 0) is 23.8 Å². The van der Waals surface area contributed by atoms with Crippen LogP contribution >= 0.6 is 0 Å². The van der Waals surface area contributed by atoms with Crippen LogP contribution in [0, 0.1) is 0 Å². The van der Waals surface area contributed by atoms with Gasteiger partial charge in [-0.15, -0.1) is 0 Å². The third-order valence-corrected chi connectivity index (χ3v) is 17.7. The highest BCUT2D eigenvalue weighted by Crippen LogP contribution is 2.27. The van der Waals surface area contributed by atoms with Crippen LogP contribution in [0.15, 0.2) is 48.6 Å². The van der Waals surface area contributed by atoms with Crippen LogP contribution in [0.3, 0.4) is 0 Å². The molecule has 1 heterocycles. The fourth-order valence-corrected chi connectivity index (χ4v) is 11.8. The van der Waals surface area contributed by atoms with Crippen LogP contribution in [-0.4, -0.2) is 99.6 Å². The molecular formula is C76H141NO10. The van der Waals surface area contributed by atoms with Gasteiger partial charge < -0.3 is 45.1 Å². The van der Waals surface area contributed by atoms with Crippen molar-refractivity contribution in [2.75, 3.05) is 13.2 Å². The maximum Gasteiger partial charge on any atom is 0.306 e. The van der Waals surface area contributed by atoms with E-state index in [4.69, 9.17) is 14.2 Å². The molecule has 6 N–H and O–H groups in total. The summed E-state index contributed by atoms with van der Waals surface area (Å²) < 4.78 is 17.7. The van der Waals surface area contributed by atoms with Gasteiger partial charge in [0.2, 0.25) is 5.91 Å². The molecule has 1 fully saturated rings. The Hall–Kier alpha value is -2.38. The van der Waals surface area contributed by atoms with Crippen LogP contribution in [0.4, 0.5) is 0 Å². The predicted molar refractivity (Wildman–Crippen MR) is 366 cm³/mol. The summed E-state index contributed by atoms with van der Waals surface area (Å²) in [7, 11) is 0. The number of carbonyl (C=O) groups excluding carboxylic acids is 2. The molecule has 11 heteroatoms. The summed E-state index contributed by atoms with van der Waals surface area (Å²) in [6.07, 6.45) is 70.2. The van der Waals surface area contributed by atoms with Gasteiger partial charge in [-0.3, -0.25) is 9.59 Å².